The molecule has 0 saturated carbocycles. The van der Waals surface area contributed by atoms with E-state index in [-0.39, 0.29) is 6.61 Å². The van der Waals surface area contributed by atoms with Crippen LogP contribution in [-0.2, 0) is 9.53 Å². The molecule has 1 N–H and O–H groups in total. The molecule has 1 unspecified atom stereocenters. The molecule has 0 aromatic carbocycles. The molecule has 70 valence electrons. The number of ether oxygens (including phenoxy) is 1. The van der Waals surface area contributed by atoms with Crippen molar-refractivity contribution < 1.29 is 14.6 Å². The van der Waals surface area contributed by atoms with Crippen LogP contribution in [0.3, 0.4) is 0 Å². The van der Waals surface area contributed by atoms with Crippen molar-refractivity contribution in [2.75, 3.05) is 18.1 Å². The van der Waals surface area contributed by atoms with Crippen LogP contribution >= 0.6 is 11.8 Å². The van der Waals surface area contributed by atoms with Crippen molar-refractivity contribution in [3.63, 3.8) is 0 Å². The number of hydrogen-bond acceptors (Lipinski definition) is 4. The molecular weight excluding hydrogens is 176 g/mol. The molecule has 0 aromatic rings. The molecule has 4 heteroatoms. The van der Waals surface area contributed by atoms with Crippen LogP contribution in [0.4, 0.5) is 0 Å². The molecule has 0 spiro atoms. The summed E-state index contributed by atoms with van der Waals surface area (Å²) in [6.45, 7) is 5.51. The van der Waals surface area contributed by atoms with Gasteiger partial charge in [0, 0.05) is 5.75 Å². The van der Waals surface area contributed by atoms with Gasteiger partial charge >= 0.3 is 5.97 Å². The van der Waals surface area contributed by atoms with Gasteiger partial charge in [0.25, 0.3) is 0 Å². The number of hydrogen-bond donors (Lipinski definition) is 1. The highest BCUT2D eigenvalue weighted by molar-refractivity contribution is 7.99. The number of rotatable bonds is 6. The molecule has 0 saturated heterocycles. The fraction of sp³-hybridized carbons (Fsp3) is 0.625. The Labute approximate surface area is 76.8 Å². The van der Waals surface area contributed by atoms with Gasteiger partial charge in [0.2, 0.25) is 0 Å². The first-order chi connectivity index (χ1) is 5.72. The smallest absolute Gasteiger partial charge is 0.336 e. The second-order valence-corrected chi connectivity index (χ2v) is 3.41. The average molecular weight is 190 g/mol. The summed E-state index contributed by atoms with van der Waals surface area (Å²) in [5, 5.41) is 9.15. The lowest BCUT2D eigenvalue weighted by molar-refractivity contribution is -0.150. The summed E-state index contributed by atoms with van der Waals surface area (Å²) in [6.07, 6.45) is 0.465. The van der Waals surface area contributed by atoms with Crippen LogP contribution in [0, 0.1) is 0 Å². The lowest BCUT2D eigenvalue weighted by Gasteiger charge is -2.07. The average Bonchev–Trinajstić information content (AvgIpc) is 2.10. The van der Waals surface area contributed by atoms with E-state index in [4.69, 9.17) is 5.11 Å². The molecule has 0 aromatic heterocycles. The molecule has 0 rings (SSSR count). The summed E-state index contributed by atoms with van der Waals surface area (Å²) < 4.78 is 4.63. The van der Waals surface area contributed by atoms with Crippen molar-refractivity contribution in [2.24, 2.45) is 0 Å². The molecule has 0 amide bonds. The van der Waals surface area contributed by atoms with E-state index in [1.165, 1.54) is 17.8 Å². The molecule has 0 radical (unpaired) electrons. The van der Waals surface area contributed by atoms with Crippen LogP contribution in [-0.4, -0.2) is 35.3 Å². The maximum absolute atomic E-state index is 10.9. The topological polar surface area (TPSA) is 46.5 Å². The predicted octanol–water partition coefficient (Wildman–Crippen LogP) is 0.830. The van der Waals surface area contributed by atoms with Gasteiger partial charge in [0.1, 0.15) is 6.61 Å². The quantitative estimate of drug-likeness (QED) is 0.498. The highest BCUT2D eigenvalue weighted by Gasteiger charge is 2.14. The Kier molecular flexibility index (Phi) is 6.90. The van der Waals surface area contributed by atoms with Crippen LogP contribution in [0.1, 0.15) is 6.92 Å². The molecule has 1 atom stereocenters. The second-order valence-electron chi connectivity index (χ2n) is 2.09. The minimum atomic E-state index is -1.00. The highest BCUT2D eigenvalue weighted by atomic mass is 32.2. The van der Waals surface area contributed by atoms with E-state index in [1.807, 2.05) is 6.92 Å². The Balaban J connectivity index is 3.53. The molecular formula is C8H14O3S. The molecule has 0 aliphatic carbocycles. The van der Waals surface area contributed by atoms with Crippen molar-refractivity contribution >= 4 is 17.7 Å². The van der Waals surface area contributed by atoms with Gasteiger partial charge in [0.15, 0.2) is 6.10 Å². The minimum absolute atomic E-state index is 0.159. The van der Waals surface area contributed by atoms with E-state index < -0.39 is 12.1 Å². The SMILES string of the molecule is C=CCOC(=O)C(O)CSCC. The standard InChI is InChI=1S/C8H14O3S/c1-3-5-11-8(10)7(9)6-12-4-2/h3,7,9H,1,4-6H2,2H3. The summed E-state index contributed by atoms with van der Waals surface area (Å²) in [4.78, 5) is 10.9. The van der Waals surface area contributed by atoms with Crippen molar-refractivity contribution in [2.45, 2.75) is 13.0 Å². The van der Waals surface area contributed by atoms with Crippen molar-refractivity contribution in [3.8, 4) is 0 Å². The number of carbonyl (C=O) groups excluding carboxylic acids is 1. The van der Waals surface area contributed by atoms with Gasteiger partial charge < -0.3 is 9.84 Å². The fourth-order valence-electron chi connectivity index (χ4n) is 0.535. The van der Waals surface area contributed by atoms with E-state index in [9.17, 15) is 4.79 Å². The van der Waals surface area contributed by atoms with E-state index >= 15 is 0 Å². The zero-order valence-electron chi connectivity index (χ0n) is 7.16. The van der Waals surface area contributed by atoms with Gasteiger partial charge in [-0.15, -0.1) is 0 Å². The summed E-state index contributed by atoms with van der Waals surface area (Å²) in [6, 6.07) is 0. The third-order valence-electron chi connectivity index (χ3n) is 1.10. The lowest BCUT2D eigenvalue weighted by Crippen LogP contribution is -2.25. The third kappa shape index (κ3) is 5.21. The number of esters is 1. The highest BCUT2D eigenvalue weighted by Crippen LogP contribution is 2.02. The molecule has 3 nitrogen and oxygen atoms in total. The van der Waals surface area contributed by atoms with Crippen LogP contribution in [0.15, 0.2) is 12.7 Å². The summed E-state index contributed by atoms with van der Waals surface area (Å²) >= 11 is 1.50. The molecule has 0 aliphatic rings. The summed E-state index contributed by atoms with van der Waals surface area (Å²) in [5.74, 6) is 0.703. The van der Waals surface area contributed by atoms with Crippen molar-refractivity contribution in [1.82, 2.24) is 0 Å². The van der Waals surface area contributed by atoms with E-state index in [1.54, 1.807) is 0 Å². The Morgan fingerprint density at radius 2 is 2.50 bits per heavy atom. The third-order valence-corrected chi connectivity index (χ3v) is 2.06. The largest absolute Gasteiger partial charge is 0.460 e. The monoisotopic (exact) mass is 190 g/mol. The Morgan fingerprint density at radius 1 is 1.83 bits per heavy atom. The number of aliphatic hydroxyl groups is 1. The zero-order chi connectivity index (χ0) is 9.40. The first kappa shape index (κ1) is 11.5. The van der Waals surface area contributed by atoms with Gasteiger partial charge in [0.05, 0.1) is 0 Å². The Hall–Kier alpha value is -0.480. The molecule has 0 fully saturated rings. The van der Waals surface area contributed by atoms with E-state index in [0.29, 0.717) is 5.75 Å². The molecule has 0 bridgehead atoms. The number of aliphatic hydroxyl groups excluding tert-OH is 1. The van der Waals surface area contributed by atoms with Gasteiger partial charge in [-0.25, -0.2) is 4.79 Å². The van der Waals surface area contributed by atoms with E-state index in [0.717, 1.165) is 5.75 Å². The first-order valence-electron chi connectivity index (χ1n) is 3.75. The van der Waals surface area contributed by atoms with E-state index in [2.05, 4.69) is 11.3 Å². The van der Waals surface area contributed by atoms with Crippen LogP contribution in [0.2, 0.25) is 0 Å². The van der Waals surface area contributed by atoms with Gasteiger partial charge in [-0.1, -0.05) is 19.6 Å². The first-order valence-corrected chi connectivity index (χ1v) is 4.91. The Bertz CT molecular complexity index is 147. The predicted molar refractivity (Wildman–Crippen MR) is 50.2 cm³/mol. The minimum Gasteiger partial charge on any atom is -0.460 e. The summed E-state index contributed by atoms with van der Waals surface area (Å²) in [5.41, 5.74) is 0. The van der Waals surface area contributed by atoms with Crippen LogP contribution < -0.4 is 0 Å². The zero-order valence-corrected chi connectivity index (χ0v) is 7.97. The maximum atomic E-state index is 10.9. The fourth-order valence-corrected chi connectivity index (χ4v) is 1.13. The van der Waals surface area contributed by atoms with Gasteiger partial charge in [-0.05, 0) is 5.75 Å². The normalized spacial score (nSPS) is 12.2. The van der Waals surface area contributed by atoms with Gasteiger partial charge in [-0.3, -0.25) is 0 Å². The number of thioether (sulfide) groups is 1. The molecule has 12 heavy (non-hydrogen) atoms. The van der Waals surface area contributed by atoms with Crippen molar-refractivity contribution in [1.29, 1.82) is 0 Å². The lowest BCUT2D eigenvalue weighted by atomic mass is 10.4. The molecule has 0 heterocycles. The van der Waals surface area contributed by atoms with Crippen LogP contribution in [0.5, 0.6) is 0 Å². The van der Waals surface area contributed by atoms with Gasteiger partial charge in [-0.2, -0.15) is 11.8 Å². The van der Waals surface area contributed by atoms with Crippen LogP contribution in [0.25, 0.3) is 0 Å². The Morgan fingerprint density at radius 3 is 3.00 bits per heavy atom. The molecule has 0 aliphatic heterocycles. The summed E-state index contributed by atoms with van der Waals surface area (Å²) in [7, 11) is 0. The number of carbonyl (C=O) groups is 1. The van der Waals surface area contributed by atoms with Crippen molar-refractivity contribution in [3.05, 3.63) is 12.7 Å². The second kappa shape index (κ2) is 7.18. The maximum Gasteiger partial charge on any atom is 0.336 e.